The first-order chi connectivity index (χ1) is 5.86. The summed E-state index contributed by atoms with van der Waals surface area (Å²) in [5, 5.41) is 8.48. The van der Waals surface area contributed by atoms with E-state index in [1.807, 2.05) is 6.07 Å². The number of hydrogen-bond donors (Lipinski definition) is 0. The van der Waals surface area contributed by atoms with Gasteiger partial charge < -0.3 is 0 Å². The number of rotatable bonds is 2. The minimum absolute atomic E-state index is 0.350. The van der Waals surface area contributed by atoms with Crippen molar-refractivity contribution in [3.8, 4) is 6.07 Å². The molecule has 0 fully saturated rings. The van der Waals surface area contributed by atoms with Crippen molar-refractivity contribution in [2.45, 2.75) is 0 Å². The first-order valence-corrected chi connectivity index (χ1v) is 3.35. The Balaban J connectivity index is 2.95. The third-order valence-corrected chi connectivity index (χ3v) is 1.27. The van der Waals surface area contributed by atoms with Crippen molar-refractivity contribution >= 4 is 12.4 Å². The molecule has 1 aromatic rings. The Morgan fingerprint density at radius 3 is 3.08 bits per heavy atom. The lowest BCUT2D eigenvalue weighted by molar-refractivity contribution is -0.104. The van der Waals surface area contributed by atoms with Crippen molar-refractivity contribution in [1.29, 1.82) is 5.26 Å². The van der Waals surface area contributed by atoms with Crippen LogP contribution >= 0.6 is 0 Å². The third-order valence-electron chi connectivity index (χ3n) is 1.27. The lowest BCUT2D eigenvalue weighted by atomic mass is 10.2. The van der Waals surface area contributed by atoms with Crippen molar-refractivity contribution in [2.75, 3.05) is 0 Å². The molecule has 12 heavy (non-hydrogen) atoms. The molecule has 0 atom stereocenters. The zero-order valence-corrected chi connectivity index (χ0v) is 6.27. The Morgan fingerprint density at radius 1 is 1.58 bits per heavy atom. The molecule has 58 valence electrons. The van der Waals surface area contributed by atoms with Crippen LogP contribution in [0.2, 0.25) is 0 Å². The minimum atomic E-state index is 0.350. The molecule has 0 radical (unpaired) electrons. The molecule has 0 aliphatic rings. The molecular weight excluding hydrogens is 152 g/mol. The second kappa shape index (κ2) is 4.04. The van der Waals surface area contributed by atoms with E-state index < -0.39 is 0 Å². The Bertz CT molecular complexity index is 350. The van der Waals surface area contributed by atoms with Crippen LogP contribution in [0.1, 0.15) is 11.3 Å². The van der Waals surface area contributed by atoms with Crippen molar-refractivity contribution in [1.82, 2.24) is 4.98 Å². The average molecular weight is 158 g/mol. The monoisotopic (exact) mass is 158 g/mol. The van der Waals surface area contributed by atoms with Gasteiger partial charge in [-0.15, -0.1) is 0 Å². The zero-order valence-electron chi connectivity index (χ0n) is 6.27. The van der Waals surface area contributed by atoms with E-state index >= 15 is 0 Å². The van der Waals surface area contributed by atoms with Crippen LogP contribution in [0.3, 0.4) is 0 Å². The number of carbonyl (C=O) groups excluding carboxylic acids is 1. The fourth-order valence-corrected chi connectivity index (χ4v) is 0.762. The first kappa shape index (κ1) is 8.15. The van der Waals surface area contributed by atoms with Crippen LogP contribution < -0.4 is 0 Å². The van der Waals surface area contributed by atoms with Crippen LogP contribution in [0, 0.1) is 11.3 Å². The smallest absolute Gasteiger partial charge is 0.142 e. The lowest BCUT2D eigenvalue weighted by Gasteiger charge is -1.90. The number of nitriles is 1. The maximum Gasteiger partial charge on any atom is 0.142 e. The summed E-state index contributed by atoms with van der Waals surface area (Å²) < 4.78 is 0. The highest BCUT2D eigenvalue weighted by atomic mass is 16.1. The molecule has 0 bridgehead atoms. The van der Waals surface area contributed by atoms with Crippen LogP contribution in [0.15, 0.2) is 24.4 Å². The van der Waals surface area contributed by atoms with E-state index in [1.54, 1.807) is 18.2 Å². The van der Waals surface area contributed by atoms with Gasteiger partial charge in [-0.1, -0.05) is 6.08 Å². The molecule has 0 aliphatic heterocycles. The predicted molar refractivity (Wildman–Crippen MR) is 44.1 cm³/mol. The van der Waals surface area contributed by atoms with E-state index in [0.717, 1.165) is 5.56 Å². The molecule has 0 unspecified atom stereocenters. The lowest BCUT2D eigenvalue weighted by Crippen LogP contribution is -1.81. The maximum atomic E-state index is 9.97. The van der Waals surface area contributed by atoms with E-state index in [0.29, 0.717) is 12.0 Å². The van der Waals surface area contributed by atoms with Crippen molar-refractivity contribution in [3.63, 3.8) is 0 Å². The molecule has 0 saturated heterocycles. The van der Waals surface area contributed by atoms with Crippen molar-refractivity contribution < 1.29 is 4.79 Å². The van der Waals surface area contributed by atoms with Gasteiger partial charge in [0.2, 0.25) is 0 Å². The normalized spacial score (nSPS) is 9.58. The van der Waals surface area contributed by atoms with Gasteiger partial charge in [-0.3, -0.25) is 4.79 Å². The summed E-state index contributed by atoms with van der Waals surface area (Å²) >= 11 is 0. The standard InChI is InChI=1S/C9H6N2O/c10-7-9-6-8(2-1-5-12)3-4-11-9/h1-6H. The molecule has 0 saturated carbocycles. The Labute approximate surface area is 70.0 Å². The molecule has 0 N–H and O–H groups in total. The van der Waals surface area contributed by atoms with Gasteiger partial charge in [0.1, 0.15) is 18.0 Å². The van der Waals surface area contributed by atoms with Gasteiger partial charge in [-0.25, -0.2) is 4.98 Å². The summed E-state index contributed by atoms with van der Waals surface area (Å²) in [6, 6.07) is 5.24. The van der Waals surface area contributed by atoms with E-state index in [-0.39, 0.29) is 0 Å². The zero-order chi connectivity index (χ0) is 8.81. The minimum Gasteiger partial charge on any atom is -0.299 e. The molecule has 1 rings (SSSR count). The number of aromatic nitrogens is 1. The highest BCUT2D eigenvalue weighted by Gasteiger charge is 1.90. The second-order valence-electron chi connectivity index (χ2n) is 2.08. The van der Waals surface area contributed by atoms with Crippen molar-refractivity contribution in [2.24, 2.45) is 0 Å². The van der Waals surface area contributed by atoms with Gasteiger partial charge in [0, 0.05) is 6.20 Å². The molecule has 0 aromatic carbocycles. The summed E-state index contributed by atoms with van der Waals surface area (Å²) in [5.41, 5.74) is 1.15. The van der Waals surface area contributed by atoms with E-state index in [9.17, 15) is 4.79 Å². The first-order valence-electron chi connectivity index (χ1n) is 3.35. The van der Waals surface area contributed by atoms with Crippen LogP contribution in [0.4, 0.5) is 0 Å². The molecule has 0 aliphatic carbocycles. The Morgan fingerprint density at radius 2 is 2.42 bits per heavy atom. The number of nitrogens with zero attached hydrogens (tertiary/aromatic N) is 2. The highest BCUT2D eigenvalue weighted by Crippen LogP contribution is 2.02. The van der Waals surface area contributed by atoms with Crippen LogP contribution in [0.5, 0.6) is 0 Å². The van der Waals surface area contributed by atoms with Gasteiger partial charge in [0.05, 0.1) is 0 Å². The Kier molecular flexibility index (Phi) is 2.74. The fourth-order valence-electron chi connectivity index (χ4n) is 0.762. The second-order valence-corrected chi connectivity index (χ2v) is 2.08. The highest BCUT2D eigenvalue weighted by molar-refractivity contribution is 5.73. The molecule has 3 heteroatoms. The predicted octanol–water partition coefficient (Wildman–Crippen LogP) is 1.17. The van der Waals surface area contributed by atoms with Crippen LogP contribution in [-0.2, 0) is 4.79 Å². The van der Waals surface area contributed by atoms with E-state index in [2.05, 4.69) is 4.98 Å². The largest absolute Gasteiger partial charge is 0.299 e. The SMILES string of the molecule is N#Cc1cc(C=CC=O)ccn1. The third kappa shape index (κ3) is 2.03. The van der Waals surface area contributed by atoms with Gasteiger partial charge >= 0.3 is 0 Å². The molecule has 3 nitrogen and oxygen atoms in total. The summed E-state index contributed by atoms with van der Waals surface area (Å²) in [6.45, 7) is 0. The average Bonchev–Trinajstić information content (AvgIpc) is 2.15. The van der Waals surface area contributed by atoms with Crippen molar-refractivity contribution in [3.05, 3.63) is 35.7 Å². The molecule has 1 heterocycles. The summed E-state index contributed by atoms with van der Waals surface area (Å²) in [5.74, 6) is 0. The summed E-state index contributed by atoms with van der Waals surface area (Å²) in [7, 11) is 0. The number of hydrogen-bond acceptors (Lipinski definition) is 3. The fraction of sp³-hybridized carbons (Fsp3) is 0. The molecule has 0 amide bonds. The number of pyridine rings is 1. The van der Waals surface area contributed by atoms with Gasteiger partial charge in [-0.2, -0.15) is 5.26 Å². The van der Waals surface area contributed by atoms with Crippen LogP contribution in [0.25, 0.3) is 6.08 Å². The van der Waals surface area contributed by atoms with E-state index in [4.69, 9.17) is 5.26 Å². The maximum absolute atomic E-state index is 9.97. The quantitative estimate of drug-likeness (QED) is 0.479. The van der Waals surface area contributed by atoms with Crippen LogP contribution in [-0.4, -0.2) is 11.3 Å². The topological polar surface area (TPSA) is 53.8 Å². The number of aldehydes is 1. The number of carbonyl (C=O) groups is 1. The molecular formula is C9H6N2O. The van der Waals surface area contributed by atoms with Gasteiger partial charge in [0.25, 0.3) is 0 Å². The Hall–Kier alpha value is -1.95. The van der Waals surface area contributed by atoms with Gasteiger partial charge in [-0.05, 0) is 23.8 Å². The summed E-state index contributed by atoms with van der Waals surface area (Å²) in [6.07, 6.45) is 5.21. The van der Waals surface area contributed by atoms with E-state index in [1.165, 1.54) is 12.3 Å². The van der Waals surface area contributed by atoms with Gasteiger partial charge in [0.15, 0.2) is 0 Å². The molecule has 1 aromatic heterocycles. The summed E-state index contributed by atoms with van der Waals surface area (Å²) in [4.78, 5) is 13.7. The molecule has 0 spiro atoms. The number of allylic oxidation sites excluding steroid dienone is 1.